The van der Waals surface area contributed by atoms with Gasteiger partial charge in [0.1, 0.15) is 10.7 Å². The van der Waals surface area contributed by atoms with Gasteiger partial charge in [0, 0.05) is 0 Å². The minimum atomic E-state index is -3.75. The Balaban J connectivity index is 3.01. The first-order valence-electron chi connectivity index (χ1n) is 4.22. The molecule has 1 aromatic heterocycles. The highest BCUT2D eigenvalue weighted by molar-refractivity contribution is 7.89. The Morgan fingerprint density at radius 2 is 2.27 bits per heavy atom. The molecule has 0 aliphatic rings. The summed E-state index contributed by atoms with van der Waals surface area (Å²) in [5, 5.41) is 14.8. The minimum absolute atomic E-state index is 0.0313. The van der Waals surface area contributed by atoms with Gasteiger partial charge in [0.25, 0.3) is 0 Å². The van der Waals surface area contributed by atoms with Crippen molar-refractivity contribution in [3.05, 3.63) is 6.20 Å². The van der Waals surface area contributed by atoms with Crippen LogP contribution in [0.15, 0.2) is 11.1 Å². The standard InChI is InChI=1S/C7H14N4O3S/c1-7(2,4-12)11-15(13,14)5-3-9-10-6(5)8/h3,11-12H,4H2,1-2H3,(H3,8,9,10). The van der Waals surface area contributed by atoms with Gasteiger partial charge in [0.15, 0.2) is 0 Å². The zero-order chi connectivity index (χ0) is 11.7. The van der Waals surface area contributed by atoms with Crippen LogP contribution in [-0.2, 0) is 10.0 Å². The third kappa shape index (κ3) is 2.67. The van der Waals surface area contributed by atoms with Crippen LogP contribution in [0.4, 0.5) is 5.82 Å². The average molecular weight is 234 g/mol. The highest BCUT2D eigenvalue weighted by Gasteiger charge is 2.27. The lowest BCUT2D eigenvalue weighted by Crippen LogP contribution is -2.46. The second-order valence-corrected chi connectivity index (χ2v) is 5.45. The lowest BCUT2D eigenvalue weighted by Gasteiger charge is -2.22. The number of aromatic nitrogens is 2. The number of H-pyrrole nitrogens is 1. The second-order valence-electron chi connectivity index (χ2n) is 3.80. The van der Waals surface area contributed by atoms with E-state index >= 15 is 0 Å². The van der Waals surface area contributed by atoms with Gasteiger partial charge in [0.05, 0.1) is 18.3 Å². The Morgan fingerprint density at radius 1 is 1.67 bits per heavy atom. The lowest BCUT2D eigenvalue weighted by molar-refractivity contribution is 0.208. The van der Waals surface area contributed by atoms with Gasteiger partial charge < -0.3 is 10.8 Å². The van der Waals surface area contributed by atoms with Crippen LogP contribution in [0, 0.1) is 0 Å². The summed E-state index contributed by atoms with van der Waals surface area (Å²) >= 11 is 0. The Morgan fingerprint density at radius 3 is 2.67 bits per heavy atom. The molecule has 0 unspecified atom stereocenters. The number of nitrogens with one attached hydrogen (secondary N) is 2. The molecule has 0 fully saturated rings. The first-order valence-corrected chi connectivity index (χ1v) is 5.70. The summed E-state index contributed by atoms with van der Waals surface area (Å²) in [6.07, 6.45) is 1.12. The maximum absolute atomic E-state index is 11.7. The highest BCUT2D eigenvalue weighted by atomic mass is 32.2. The van der Waals surface area contributed by atoms with Crippen molar-refractivity contribution in [2.45, 2.75) is 24.3 Å². The third-order valence-electron chi connectivity index (χ3n) is 1.73. The summed E-state index contributed by atoms with van der Waals surface area (Å²) in [6, 6.07) is 0. The van der Waals surface area contributed by atoms with E-state index in [0.29, 0.717) is 0 Å². The third-order valence-corrected chi connectivity index (χ3v) is 3.45. The lowest BCUT2D eigenvalue weighted by atomic mass is 10.1. The van der Waals surface area contributed by atoms with Crippen molar-refractivity contribution >= 4 is 15.8 Å². The predicted octanol–water partition coefficient (Wildman–Crippen LogP) is -0.959. The molecule has 0 aliphatic heterocycles. The molecule has 0 bridgehead atoms. The van der Waals surface area contributed by atoms with Crippen molar-refractivity contribution in [3.8, 4) is 0 Å². The van der Waals surface area contributed by atoms with Gasteiger partial charge in [0.2, 0.25) is 10.0 Å². The van der Waals surface area contributed by atoms with E-state index < -0.39 is 15.6 Å². The van der Waals surface area contributed by atoms with Gasteiger partial charge >= 0.3 is 0 Å². The number of nitrogens with zero attached hydrogens (tertiary/aromatic N) is 1. The molecule has 0 radical (unpaired) electrons. The minimum Gasteiger partial charge on any atom is -0.394 e. The molecule has 0 aliphatic carbocycles. The summed E-state index contributed by atoms with van der Waals surface area (Å²) < 4.78 is 25.8. The fourth-order valence-electron chi connectivity index (χ4n) is 0.950. The maximum Gasteiger partial charge on any atom is 0.246 e. The van der Waals surface area contributed by atoms with Crippen LogP contribution >= 0.6 is 0 Å². The van der Waals surface area contributed by atoms with E-state index in [1.165, 1.54) is 0 Å². The molecule has 0 aromatic carbocycles. The Kier molecular flexibility index (Phi) is 3.03. The fraction of sp³-hybridized carbons (Fsp3) is 0.571. The van der Waals surface area contributed by atoms with Gasteiger partial charge in [-0.15, -0.1) is 0 Å². The topological polar surface area (TPSA) is 121 Å². The number of aliphatic hydroxyl groups is 1. The smallest absolute Gasteiger partial charge is 0.246 e. The molecule has 0 saturated carbocycles. The molecule has 0 saturated heterocycles. The van der Waals surface area contributed by atoms with Gasteiger partial charge in [-0.2, -0.15) is 5.10 Å². The molecule has 1 heterocycles. The van der Waals surface area contributed by atoms with Crippen LogP contribution in [0.1, 0.15) is 13.8 Å². The van der Waals surface area contributed by atoms with Crippen LogP contribution in [0.5, 0.6) is 0 Å². The molecule has 7 nitrogen and oxygen atoms in total. The molecule has 5 N–H and O–H groups in total. The zero-order valence-electron chi connectivity index (χ0n) is 8.48. The first kappa shape index (κ1) is 12.0. The average Bonchev–Trinajstić information content (AvgIpc) is 2.50. The maximum atomic E-state index is 11.7. The summed E-state index contributed by atoms with van der Waals surface area (Å²) in [6.45, 7) is 2.80. The van der Waals surface area contributed by atoms with E-state index in [1.807, 2.05) is 0 Å². The number of aliphatic hydroxyl groups excluding tert-OH is 1. The van der Waals surface area contributed by atoms with E-state index in [9.17, 15) is 8.42 Å². The largest absolute Gasteiger partial charge is 0.394 e. The Labute approximate surface area is 87.7 Å². The molecule has 0 atom stereocenters. The zero-order valence-corrected chi connectivity index (χ0v) is 9.30. The summed E-state index contributed by atoms with van der Waals surface area (Å²) in [5.41, 5.74) is 4.45. The number of anilines is 1. The van der Waals surface area contributed by atoms with Gasteiger partial charge in [-0.3, -0.25) is 5.10 Å². The monoisotopic (exact) mass is 234 g/mol. The van der Waals surface area contributed by atoms with Gasteiger partial charge in [-0.05, 0) is 13.8 Å². The summed E-state index contributed by atoms with van der Waals surface area (Å²) in [7, 11) is -3.75. The molecule has 15 heavy (non-hydrogen) atoms. The SMILES string of the molecule is CC(C)(CO)NS(=O)(=O)c1cn[nH]c1N. The number of rotatable bonds is 4. The molecular formula is C7H14N4O3S. The molecule has 1 rings (SSSR count). The van der Waals surface area contributed by atoms with E-state index in [0.717, 1.165) is 6.20 Å². The molecule has 1 aromatic rings. The van der Waals surface area contributed by atoms with Crippen LogP contribution in [0.25, 0.3) is 0 Å². The van der Waals surface area contributed by atoms with E-state index in [4.69, 9.17) is 10.8 Å². The summed E-state index contributed by atoms with van der Waals surface area (Å²) in [5.74, 6) is -0.0313. The molecule has 0 amide bonds. The summed E-state index contributed by atoms with van der Waals surface area (Å²) in [4.78, 5) is -0.121. The van der Waals surface area contributed by atoms with Crippen molar-refractivity contribution in [1.29, 1.82) is 0 Å². The fourth-order valence-corrected chi connectivity index (χ4v) is 2.38. The molecule has 0 spiro atoms. The van der Waals surface area contributed by atoms with Crippen molar-refractivity contribution in [1.82, 2.24) is 14.9 Å². The first-order chi connectivity index (χ1) is 6.78. The Hall–Kier alpha value is -1.12. The number of nitrogens with two attached hydrogens (primary N) is 1. The number of hydrogen-bond acceptors (Lipinski definition) is 5. The second kappa shape index (κ2) is 3.80. The van der Waals surface area contributed by atoms with Crippen LogP contribution < -0.4 is 10.5 Å². The van der Waals surface area contributed by atoms with E-state index in [1.54, 1.807) is 13.8 Å². The van der Waals surface area contributed by atoms with E-state index in [-0.39, 0.29) is 17.3 Å². The van der Waals surface area contributed by atoms with E-state index in [2.05, 4.69) is 14.9 Å². The van der Waals surface area contributed by atoms with Crippen molar-refractivity contribution in [3.63, 3.8) is 0 Å². The van der Waals surface area contributed by atoms with Crippen molar-refractivity contribution < 1.29 is 13.5 Å². The van der Waals surface area contributed by atoms with Gasteiger partial charge in [-0.25, -0.2) is 13.1 Å². The normalized spacial score (nSPS) is 13.0. The number of aromatic amines is 1. The Bertz CT molecular complexity index is 437. The van der Waals surface area contributed by atoms with Crippen LogP contribution in [-0.4, -0.2) is 35.9 Å². The van der Waals surface area contributed by atoms with Gasteiger partial charge in [-0.1, -0.05) is 0 Å². The van der Waals surface area contributed by atoms with Crippen molar-refractivity contribution in [2.75, 3.05) is 12.3 Å². The number of hydrogen-bond donors (Lipinski definition) is 4. The van der Waals surface area contributed by atoms with Crippen LogP contribution in [0.2, 0.25) is 0 Å². The predicted molar refractivity (Wildman–Crippen MR) is 54.5 cm³/mol. The molecule has 8 heteroatoms. The molecular weight excluding hydrogens is 220 g/mol. The van der Waals surface area contributed by atoms with Crippen molar-refractivity contribution in [2.24, 2.45) is 0 Å². The number of nitrogen functional groups attached to an aromatic ring is 1. The highest BCUT2D eigenvalue weighted by Crippen LogP contribution is 2.16. The number of sulfonamides is 1. The quantitative estimate of drug-likeness (QED) is 0.534. The van der Waals surface area contributed by atoms with Crippen LogP contribution in [0.3, 0.4) is 0 Å². The molecule has 86 valence electrons.